The average Bonchev–Trinajstić information content (AvgIpc) is 3.21. The van der Waals surface area contributed by atoms with Crippen molar-refractivity contribution in [2.75, 3.05) is 5.32 Å². The number of hydrogen-bond donors (Lipinski definition) is 1. The minimum Gasteiger partial charge on any atom is -0.364 e. The van der Waals surface area contributed by atoms with E-state index in [1.165, 1.54) is 5.56 Å². The Morgan fingerprint density at radius 3 is 2.46 bits per heavy atom. The number of hydrogen-bond acceptors (Lipinski definition) is 5. The van der Waals surface area contributed by atoms with Gasteiger partial charge in [0.05, 0.1) is 17.6 Å². The maximum Gasteiger partial charge on any atom is 0.167 e. The lowest BCUT2D eigenvalue weighted by atomic mass is 10.2. The summed E-state index contributed by atoms with van der Waals surface area (Å²) in [5.41, 5.74) is 5.74. The lowest BCUT2D eigenvalue weighted by Gasteiger charge is -2.11. The standard InChI is InChI=1S/C21H25N7/c1-13(2)28-12-23-18-20(22-11-16-9-7-6-8-10-16)24-19(25-21(18)28)17-14(3)26-27(5)15(17)4/h6-10,12-13H,11H2,1-5H3,(H,22,24,25). The van der Waals surface area contributed by atoms with Gasteiger partial charge in [-0.3, -0.25) is 4.68 Å². The van der Waals surface area contributed by atoms with Crippen molar-refractivity contribution in [1.29, 1.82) is 0 Å². The van der Waals surface area contributed by atoms with E-state index in [4.69, 9.17) is 9.97 Å². The summed E-state index contributed by atoms with van der Waals surface area (Å²) < 4.78 is 3.95. The van der Waals surface area contributed by atoms with Crippen molar-refractivity contribution in [3.05, 3.63) is 53.6 Å². The highest BCUT2D eigenvalue weighted by Gasteiger charge is 2.20. The zero-order valence-corrected chi connectivity index (χ0v) is 16.9. The molecule has 0 aliphatic rings. The summed E-state index contributed by atoms with van der Waals surface area (Å²) in [4.78, 5) is 14.3. The summed E-state index contributed by atoms with van der Waals surface area (Å²) >= 11 is 0. The number of anilines is 1. The van der Waals surface area contributed by atoms with Gasteiger partial charge in [-0.2, -0.15) is 5.10 Å². The molecule has 0 atom stereocenters. The molecule has 0 fully saturated rings. The molecule has 144 valence electrons. The molecule has 1 aromatic carbocycles. The number of rotatable bonds is 5. The molecule has 4 rings (SSSR count). The minimum atomic E-state index is 0.255. The molecule has 0 aliphatic carbocycles. The van der Waals surface area contributed by atoms with Crippen LogP contribution < -0.4 is 5.32 Å². The summed E-state index contributed by atoms with van der Waals surface area (Å²) in [7, 11) is 1.94. The maximum atomic E-state index is 4.87. The molecule has 0 radical (unpaired) electrons. The summed E-state index contributed by atoms with van der Waals surface area (Å²) in [6, 6.07) is 10.5. The average molecular weight is 375 g/mol. The van der Waals surface area contributed by atoms with Crippen molar-refractivity contribution in [3.8, 4) is 11.4 Å². The van der Waals surface area contributed by atoms with Gasteiger partial charge in [-0.15, -0.1) is 0 Å². The molecule has 3 heterocycles. The molecule has 28 heavy (non-hydrogen) atoms. The Kier molecular flexibility index (Phi) is 4.58. The third-order valence-corrected chi connectivity index (χ3v) is 5.01. The van der Waals surface area contributed by atoms with E-state index in [0.717, 1.165) is 33.9 Å². The minimum absolute atomic E-state index is 0.255. The molecule has 0 bridgehead atoms. The van der Waals surface area contributed by atoms with Crippen LogP contribution in [0.5, 0.6) is 0 Å². The van der Waals surface area contributed by atoms with Gasteiger partial charge in [0.25, 0.3) is 0 Å². The van der Waals surface area contributed by atoms with Crippen molar-refractivity contribution in [1.82, 2.24) is 29.3 Å². The maximum absolute atomic E-state index is 4.87. The molecular formula is C21H25N7. The lowest BCUT2D eigenvalue weighted by molar-refractivity contribution is 0.613. The van der Waals surface area contributed by atoms with Crippen LogP contribution in [0.2, 0.25) is 0 Å². The van der Waals surface area contributed by atoms with E-state index in [9.17, 15) is 0 Å². The van der Waals surface area contributed by atoms with Crippen LogP contribution in [0.4, 0.5) is 5.82 Å². The van der Waals surface area contributed by atoms with Crippen molar-refractivity contribution < 1.29 is 0 Å². The topological polar surface area (TPSA) is 73.5 Å². The van der Waals surface area contributed by atoms with Crippen LogP contribution in [-0.4, -0.2) is 29.3 Å². The smallest absolute Gasteiger partial charge is 0.167 e. The second kappa shape index (κ2) is 7.07. The number of nitrogens with zero attached hydrogens (tertiary/aromatic N) is 6. The van der Waals surface area contributed by atoms with Gasteiger partial charge in [-0.1, -0.05) is 30.3 Å². The number of benzene rings is 1. The van der Waals surface area contributed by atoms with Crippen LogP contribution in [0, 0.1) is 13.8 Å². The summed E-state index contributed by atoms with van der Waals surface area (Å²) in [5.74, 6) is 1.42. The summed E-state index contributed by atoms with van der Waals surface area (Å²) in [6.45, 7) is 8.96. The van der Waals surface area contributed by atoms with Crippen LogP contribution >= 0.6 is 0 Å². The summed E-state index contributed by atoms with van der Waals surface area (Å²) in [6.07, 6.45) is 1.84. The van der Waals surface area contributed by atoms with E-state index in [1.54, 1.807) is 0 Å². The molecular weight excluding hydrogens is 350 g/mol. The zero-order valence-electron chi connectivity index (χ0n) is 16.9. The Morgan fingerprint density at radius 1 is 1.07 bits per heavy atom. The highest BCUT2D eigenvalue weighted by atomic mass is 15.3. The predicted molar refractivity (Wildman–Crippen MR) is 111 cm³/mol. The van der Waals surface area contributed by atoms with Gasteiger partial charge in [0.15, 0.2) is 17.3 Å². The number of aryl methyl sites for hydroxylation is 2. The third-order valence-electron chi connectivity index (χ3n) is 5.01. The van der Waals surface area contributed by atoms with Gasteiger partial charge in [-0.25, -0.2) is 15.0 Å². The first-order chi connectivity index (χ1) is 13.5. The Balaban J connectivity index is 1.85. The second-order valence-electron chi connectivity index (χ2n) is 7.32. The monoisotopic (exact) mass is 375 g/mol. The van der Waals surface area contributed by atoms with Gasteiger partial charge in [0, 0.05) is 25.3 Å². The fourth-order valence-corrected chi connectivity index (χ4v) is 3.41. The van der Waals surface area contributed by atoms with Gasteiger partial charge < -0.3 is 9.88 Å². The second-order valence-corrected chi connectivity index (χ2v) is 7.32. The largest absolute Gasteiger partial charge is 0.364 e. The highest BCUT2D eigenvalue weighted by molar-refractivity contribution is 5.85. The van der Waals surface area contributed by atoms with Crippen LogP contribution in [0.15, 0.2) is 36.7 Å². The predicted octanol–water partition coefficient (Wildman–Crippen LogP) is 4.04. The molecule has 3 aromatic heterocycles. The molecule has 4 aromatic rings. The first-order valence-corrected chi connectivity index (χ1v) is 9.48. The van der Waals surface area contributed by atoms with Gasteiger partial charge >= 0.3 is 0 Å². The van der Waals surface area contributed by atoms with Gasteiger partial charge in [0.1, 0.15) is 5.52 Å². The van der Waals surface area contributed by atoms with E-state index >= 15 is 0 Å². The molecule has 0 aliphatic heterocycles. The lowest BCUT2D eigenvalue weighted by Crippen LogP contribution is -2.06. The van der Waals surface area contributed by atoms with Gasteiger partial charge in [-0.05, 0) is 33.3 Å². The van der Waals surface area contributed by atoms with E-state index in [1.807, 2.05) is 50.1 Å². The fourth-order valence-electron chi connectivity index (χ4n) is 3.41. The van der Waals surface area contributed by atoms with Crippen LogP contribution in [0.25, 0.3) is 22.6 Å². The quantitative estimate of drug-likeness (QED) is 0.570. The van der Waals surface area contributed by atoms with E-state index < -0.39 is 0 Å². The van der Waals surface area contributed by atoms with Crippen LogP contribution in [0.1, 0.15) is 36.8 Å². The molecule has 7 heteroatoms. The molecule has 7 nitrogen and oxygen atoms in total. The fraction of sp³-hybridized carbons (Fsp3) is 0.333. The highest BCUT2D eigenvalue weighted by Crippen LogP contribution is 2.29. The molecule has 0 unspecified atom stereocenters. The zero-order chi connectivity index (χ0) is 19.8. The van der Waals surface area contributed by atoms with Gasteiger partial charge in [0.2, 0.25) is 0 Å². The number of aromatic nitrogens is 6. The Labute approximate surface area is 164 Å². The van der Waals surface area contributed by atoms with Crippen LogP contribution in [-0.2, 0) is 13.6 Å². The number of imidazole rings is 1. The normalized spacial score (nSPS) is 11.5. The number of nitrogens with one attached hydrogen (secondary N) is 1. The van der Waals surface area contributed by atoms with Crippen LogP contribution in [0.3, 0.4) is 0 Å². The number of fused-ring (bicyclic) bond motifs is 1. The third kappa shape index (κ3) is 3.13. The van der Waals surface area contributed by atoms with Crippen molar-refractivity contribution in [3.63, 3.8) is 0 Å². The first kappa shape index (κ1) is 18.2. The van der Waals surface area contributed by atoms with E-state index in [2.05, 4.69) is 45.9 Å². The Bertz CT molecular complexity index is 1120. The van der Waals surface area contributed by atoms with Crippen molar-refractivity contribution in [2.24, 2.45) is 7.05 Å². The molecule has 0 saturated carbocycles. The summed E-state index contributed by atoms with van der Waals surface area (Å²) in [5, 5.41) is 7.99. The SMILES string of the molecule is Cc1nn(C)c(C)c1-c1nc(NCc2ccccc2)c2ncn(C(C)C)c2n1. The molecule has 0 saturated heterocycles. The molecule has 0 amide bonds. The Hall–Kier alpha value is -3.22. The Morgan fingerprint density at radius 2 is 1.82 bits per heavy atom. The van der Waals surface area contributed by atoms with Crippen molar-refractivity contribution in [2.45, 2.75) is 40.3 Å². The van der Waals surface area contributed by atoms with E-state index in [0.29, 0.717) is 12.4 Å². The first-order valence-electron chi connectivity index (χ1n) is 9.48. The molecule has 0 spiro atoms. The van der Waals surface area contributed by atoms with E-state index in [-0.39, 0.29) is 6.04 Å². The van der Waals surface area contributed by atoms with Crippen molar-refractivity contribution >= 4 is 17.0 Å². The molecule has 1 N–H and O–H groups in total.